The van der Waals surface area contributed by atoms with Gasteiger partial charge in [0.25, 0.3) is 5.91 Å². The van der Waals surface area contributed by atoms with Crippen LogP contribution in [-0.4, -0.2) is 55.8 Å². The third-order valence-electron chi connectivity index (χ3n) is 7.83. The van der Waals surface area contributed by atoms with Gasteiger partial charge in [0, 0.05) is 24.8 Å². The first-order valence-corrected chi connectivity index (χ1v) is 13.7. The molecule has 2 heterocycles. The van der Waals surface area contributed by atoms with E-state index in [1.165, 1.54) is 62.0 Å². The summed E-state index contributed by atoms with van der Waals surface area (Å²) in [5, 5.41) is 3.25. The Balaban J connectivity index is 1.09. The van der Waals surface area contributed by atoms with Crippen molar-refractivity contribution in [3.05, 3.63) is 64.7 Å². The third-order valence-corrected chi connectivity index (χ3v) is 7.83. The summed E-state index contributed by atoms with van der Waals surface area (Å²) in [6, 6.07) is 14.7. The van der Waals surface area contributed by atoms with E-state index in [2.05, 4.69) is 28.4 Å². The van der Waals surface area contributed by atoms with E-state index in [-0.39, 0.29) is 18.1 Å². The molecule has 0 bridgehead atoms. The number of hydrogen-bond donors (Lipinski definition) is 1. The first-order chi connectivity index (χ1) is 17.2. The van der Waals surface area contributed by atoms with Crippen LogP contribution in [0.2, 0.25) is 0 Å². The van der Waals surface area contributed by atoms with Gasteiger partial charge in [0.1, 0.15) is 12.4 Å². The van der Waals surface area contributed by atoms with Gasteiger partial charge in [0.15, 0.2) is 0 Å². The lowest BCUT2D eigenvalue weighted by molar-refractivity contribution is 0.0679. The van der Waals surface area contributed by atoms with Crippen molar-refractivity contribution in [3.8, 4) is 5.75 Å². The largest absolute Gasteiger partial charge is 0.491 e. The highest BCUT2D eigenvalue weighted by Gasteiger charge is 2.21. The molecule has 0 saturated carbocycles. The lowest BCUT2D eigenvalue weighted by Crippen LogP contribution is -2.38. The maximum absolute atomic E-state index is 12.8. The number of nitrogens with zero attached hydrogens (tertiary/aromatic N) is 1. The number of fused-ring (bicyclic) bond motifs is 1. The zero-order chi connectivity index (χ0) is 23.9. The Bertz CT molecular complexity index is 960. The second-order valence-electron chi connectivity index (χ2n) is 10.5. The maximum atomic E-state index is 12.8. The van der Waals surface area contributed by atoms with Gasteiger partial charge in [-0.15, -0.1) is 0 Å². The molecule has 35 heavy (non-hydrogen) atoms. The van der Waals surface area contributed by atoms with Crippen molar-refractivity contribution < 1.29 is 14.3 Å². The second kappa shape index (κ2) is 12.0. The molecule has 3 aliphatic rings. The van der Waals surface area contributed by atoms with Crippen molar-refractivity contribution in [3.63, 3.8) is 0 Å². The van der Waals surface area contributed by atoms with Crippen LogP contribution in [0.15, 0.2) is 42.5 Å². The van der Waals surface area contributed by atoms with Gasteiger partial charge < -0.3 is 19.7 Å². The molecule has 5 nitrogen and oxygen atoms in total. The minimum atomic E-state index is -0.00167. The molecule has 2 aromatic carbocycles. The third kappa shape index (κ3) is 6.86. The number of benzene rings is 2. The summed E-state index contributed by atoms with van der Waals surface area (Å²) >= 11 is 0. The molecular weight excluding hydrogens is 436 g/mol. The van der Waals surface area contributed by atoms with Crippen molar-refractivity contribution in [2.24, 2.45) is 0 Å². The summed E-state index contributed by atoms with van der Waals surface area (Å²) in [7, 11) is 0. The quantitative estimate of drug-likeness (QED) is 0.586. The minimum Gasteiger partial charge on any atom is -0.491 e. The van der Waals surface area contributed by atoms with Crippen LogP contribution < -0.4 is 10.1 Å². The molecular formula is C30H40N2O3. The number of carbonyl (C=O) groups is 1. The number of carbonyl (C=O) groups excluding carboxylic acids is 1. The van der Waals surface area contributed by atoms with E-state index in [1.807, 2.05) is 24.3 Å². The van der Waals surface area contributed by atoms with Crippen molar-refractivity contribution >= 4 is 5.91 Å². The summed E-state index contributed by atoms with van der Waals surface area (Å²) in [5.74, 6) is 0.786. The van der Waals surface area contributed by atoms with Crippen LogP contribution >= 0.6 is 0 Å². The average Bonchev–Trinajstić information content (AvgIpc) is 3.28. The molecule has 5 rings (SSSR count). The first-order valence-electron chi connectivity index (χ1n) is 13.7. The van der Waals surface area contributed by atoms with Gasteiger partial charge in [-0.1, -0.05) is 31.0 Å². The number of amides is 1. The van der Waals surface area contributed by atoms with Crippen LogP contribution in [-0.2, 0) is 24.0 Å². The average molecular weight is 477 g/mol. The lowest BCUT2D eigenvalue weighted by Gasteiger charge is -2.26. The number of hydrogen-bond acceptors (Lipinski definition) is 4. The highest BCUT2D eigenvalue weighted by molar-refractivity contribution is 5.94. The predicted octanol–water partition coefficient (Wildman–Crippen LogP) is 4.95. The van der Waals surface area contributed by atoms with Crippen LogP contribution in [0.5, 0.6) is 5.75 Å². The van der Waals surface area contributed by atoms with E-state index in [9.17, 15) is 4.79 Å². The number of ether oxygens (including phenoxy) is 2. The summed E-state index contributed by atoms with van der Waals surface area (Å²) in [6.45, 7) is 5.11. The van der Waals surface area contributed by atoms with Crippen LogP contribution in [0.25, 0.3) is 0 Å². The van der Waals surface area contributed by atoms with Crippen LogP contribution in [0.4, 0.5) is 0 Å². The smallest absolute Gasteiger partial charge is 0.251 e. The topological polar surface area (TPSA) is 50.8 Å². The summed E-state index contributed by atoms with van der Waals surface area (Å²) < 4.78 is 11.4. The molecule has 2 aliphatic heterocycles. The maximum Gasteiger partial charge on any atom is 0.251 e. The molecule has 0 spiro atoms. The molecule has 0 unspecified atom stereocenters. The Morgan fingerprint density at radius 3 is 2.57 bits per heavy atom. The minimum absolute atomic E-state index is 0.00167. The monoisotopic (exact) mass is 476 g/mol. The standard InChI is InChI=1S/C30H40N2O3/c33-30(24-10-13-28(14-11-24)35-22-29-6-5-19-34-29)31-27-12-9-25-20-23(7-8-26(25)21-27)15-18-32-16-3-1-2-4-17-32/h7-8,10-11,13-14,20,27,29H,1-6,9,12,15-19,21-22H2,(H,31,33)/t27-,29-/m0/s1. The highest BCUT2D eigenvalue weighted by Crippen LogP contribution is 2.24. The molecule has 2 saturated heterocycles. The van der Waals surface area contributed by atoms with E-state index in [0.29, 0.717) is 12.2 Å². The molecule has 1 aliphatic carbocycles. The van der Waals surface area contributed by atoms with E-state index in [0.717, 1.165) is 50.9 Å². The predicted molar refractivity (Wildman–Crippen MR) is 139 cm³/mol. The van der Waals surface area contributed by atoms with Crippen molar-refractivity contribution in [1.29, 1.82) is 0 Å². The van der Waals surface area contributed by atoms with Gasteiger partial charge in [-0.3, -0.25) is 4.79 Å². The molecule has 2 fully saturated rings. The summed E-state index contributed by atoms with van der Waals surface area (Å²) in [5.41, 5.74) is 5.00. The SMILES string of the molecule is O=C(N[C@H]1CCc2cc(CCN3CCCCCC3)ccc2C1)c1ccc(OC[C@@H]2CCCO2)cc1. The van der Waals surface area contributed by atoms with E-state index in [4.69, 9.17) is 9.47 Å². The fourth-order valence-corrected chi connectivity index (χ4v) is 5.67. The Hall–Kier alpha value is -2.37. The van der Waals surface area contributed by atoms with Gasteiger partial charge in [0.05, 0.1) is 6.10 Å². The molecule has 2 aromatic rings. The normalized spacial score (nSPS) is 22.9. The lowest BCUT2D eigenvalue weighted by atomic mass is 9.86. The van der Waals surface area contributed by atoms with Gasteiger partial charge in [-0.25, -0.2) is 0 Å². The Labute approximate surface area is 210 Å². The molecule has 1 N–H and O–H groups in total. The zero-order valence-electron chi connectivity index (χ0n) is 21.0. The molecule has 188 valence electrons. The fourth-order valence-electron chi connectivity index (χ4n) is 5.67. The number of likely N-dealkylation sites (tertiary alicyclic amines) is 1. The van der Waals surface area contributed by atoms with Gasteiger partial charge in [-0.05, 0) is 105 Å². The Morgan fingerprint density at radius 1 is 0.971 bits per heavy atom. The van der Waals surface area contributed by atoms with Crippen LogP contribution in [0, 0.1) is 0 Å². The van der Waals surface area contributed by atoms with Crippen molar-refractivity contribution in [2.45, 2.75) is 76.4 Å². The Morgan fingerprint density at radius 2 is 1.80 bits per heavy atom. The molecule has 2 atom stereocenters. The zero-order valence-corrected chi connectivity index (χ0v) is 21.0. The highest BCUT2D eigenvalue weighted by atomic mass is 16.5. The Kier molecular flexibility index (Phi) is 8.37. The van der Waals surface area contributed by atoms with Crippen molar-refractivity contribution in [1.82, 2.24) is 10.2 Å². The summed E-state index contributed by atoms with van der Waals surface area (Å²) in [4.78, 5) is 15.5. The molecule has 0 aromatic heterocycles. The number of nitrogens with one attached hydrogen (secondary N) is 1. The molecule has 1 amide bonds. The van der Waals surface area contributed by atoms with E-state index in [1.54, 1.807) is 0 Å². The van der Waals surface area contributed by atoms with Gasteiger partial charge in [0.2, 0.25) is 0 Å². The van der Waals surface area contributed by atoms with Crippen LogP contribution in [0.3, 0.4) is 0 Å². The van der Waals surface area contributed by atoms with E-state index >= 15 is 0 Å². The van der Waals surface area contributed by atoms with Gasteiger partial charge >= 0.3 is 0 Å². The fraction of sp³-hybridized carbons (Fsp3) is 0.567. The van der Waals surface area contributed by atoms with Gasteiger partial charge in [-0.2, -0.15) is 0 Å². The van der Waals surface area contributed by atoms with Crippen LogP contribution in [0.1, 0.15) is 72.0 Å². The summed E-state index contributed by atoms with van der Waals surface area (Å²) in [6.07, 6.45) is 11.9. The molecule has 5 heteroatoms. The number of aryl methyl sites for hydroxylation is 1. The molecule has 0 radical (unpaired) electrons. The van der Waals surface area contributed by atoms with E-state index < -0.39 is 0 Å². The van der Waals surface area contributed by atoms with Crippen molar-refractivity contribution in [2.75, 3.05) is 32.8 Å². The first kappa shape index (κ1) is 24.3. The second-order valence-corrected chi connectivity index (χ2v) is 10.5. The number of rotatable bonds is 8.